The molecule has 11 heteroatoms. The number of H-pyrrole nitrogens is 2. The number of thioether (sulfide) groups is 1. The van der Waals surface area contributed by atoms with Crippen molar-refractivity contribution in [3.05, 3.63) is 47.8 Å². The number of halogens is 2. The Morgan fingerprint density at radius 3 is 2.60 bits per heavy atom. The molecule has 4 aromatic rings. The first-order valence-corrected chi connectivity index (χ1v) is 8.00. The zero-order valence-electron chi connectivity index (χ0n) is 12.4. The van der Waals surface area contributed by atoms with Gasteiger partial charge in [-0.3, -0.25) is 5.10 Å². The molecule has 0 fully saturated rings. The average molecular weight is 361 g/mol. The Balaban J connectivity index is 1.52. The van der Waals surface area contributed by atoms with E-state index in [0.29, 0.717) is 39.6 Å². The summed E-state index contributed by atoms with van der Waals surface area (Å²) in [5.41, 5.74) is 0.301. The number of tetrazole rings is 1. The molecule has 1 aromatic carbocycles. The van der Waals surface area contributed by atoms with Gasteiger partial charge in [0, 0.05) is 11.6 Å². The number of rotatable bonds is 5. The molecule has 0 atom stereocenters. The fourth-order valence-corrected chi connectivity index (χ4v) is 2.76. The second-order valence-electron chi connectivity index (χ2n) is 4.91. The van der Waals surface area contributed by atoms with Crippen molar-refractivity contribution in [1.29, 1.82) is 0 Å². The normalized spacial score (nSPS) is 11.1. The maximum Gasteiger partial charge on any atom is 0.209 e. The monoisotopic (exact) mass is 361 g/mol. The molecule has 0 spiro atoms. The van der Waals surface area contributed by atoms with Gasteiger partial charge in [0.15, 0.2) is 17.4 Å². The zero-order chi connectivity index (χ0) is 17.2. The second kappa shape index (κ2) is 6.43. The van der Waals surface area contributed by atoms with Crippen molar-refractivity contribution in [3.63, 3.8) is 0 Å². The van der Waals surface area contributed by atoms with Crippen LogP contribution in [-0.4, -0.2) is 35.8 Å². The summed E-state index contributed by atoms with van der Waals surface area (Å²) in [5.74, 6) is 0.771. The van der Waals surface area contributed by atoms with E-state index in [1.807, 2.05) is 0 Å². The van der Waals surface area contributed by atoms with Gasteiger partial charge in [-0.25, -0.2) is 8.78 Å². The predicted molar refractivity (Wildman–Crippen MR) is 83.2 cm³/mol. The van der Waals surface area contributed by atoms with E-state index in [0.717, 1.165) is 6.07 Å². The summed E-state index contributed by atoms with van der Waals surface area (Å²) in [7, 11) is 0. The summed E-state index contributed by atoms with van der Waals surface area (Å²) < 4.78 is 32.2. The van der Waals surface area contributed by atoms with Gasteiger partial charge >= 0.3 is 0 Å². The summed E-state index contributed by atoms with van der Waals surface area (Å²) in [4.78, 5) is 4.29. The summed E-state index contributed by atoms with van der Waals surface area (Å²) >= 11 is 1.32. The van der Waals surface area contributed by atoms with Crippen LogP contribution in [0.2, 0.25) is 0 Å². The van der Waals surface area contributed by atoms with Gasteiger partial charge in [0.2, 0.25) is 5.16 Å². The first-order valence-electron chi connectivity index (χ1n) is 7.01. The van der Waals surface area contributed by atoms with Crippen LogP contribution in [-0.2, 0) is 5.75 Å². The SMILES string of the molecule is Fc1cc(F)cc(-c2ccc(-c3nc(SCc4nn[nH]n4)n[nH]3)o2)c1. The molecule has 126 valence electrons. The van der Waals surface area contributed by atoms with Crippen LogP contribution in [0.15, 0.2) is 39.9 Å². The quantitative estimate of drug-likeness (QED) is 0.526. The lowest BCUT2D eigenvalue weighted by molar-refractivity contribution is 0.573. The van der Waals surface area contributed by atoms with Crippen LogP contribution in [0.25, 0.3) is 22.9 Å². The molecule has 0 aliphatic heterocycles. The third-order valence-electron chi connectivity index (χ3n) is 3.17. The lowest BCUT2D eigenvalue weighted by atomic mass is 10.1. The Labute approximate surface area is 143 Å². The summed E-state index contributed by atoms with van der Waals surface area (Å²) in [6.07, 6.45) is 0. The van der Waals surface area contributed by atoms with Crippen LogP contribution in [0, 0.1) is 11.6 Å². The van der Waals surface area contributed by atoms with E-state index < -0.39 is 11.6 Å². The minimum absolute atomic E-state index is 0.301. The Kier molecular flexibility index (Phi) is 3.98. The third kappa shape index (κ3) is 3.40. The Bertz CT molecular complexity index is 978. The van der Waals surface area contributed by atoms with Gasteiger partial charge in [0.25, 0.3) is 0 Å². The molecular weight excluding hydrogens is 352 g/mol. The smallest absolute Gasteiger partial charge is 0.209 e. The molecule has 0 saturated carbocycles. The highest BCUT2D eigenvalue weighted by Gasteiger charge is 2.13. The number of benzene rings is 1. The molecular formula is C14H9F2N7OS. The molecule has 8 nitrogen and oxygen atoms in total. The average Bonchev–Trinajstić information content (AvgIpc) is 3.32. The third-order valence-corrected chi connectivity index (χ3v) is 4.01. The van der Waals surface area contributed by atoms with E-state index in [9.17, 15) is 8.78 Å². The van der Waals surface area contributed by atoms with E-state index in [2.05, 4.69) is 35.8 Å². The summed E-state index contributed by atoms with van der Waals surface area (Å²) in [6, 6.07) is 6.44. The van der Waals surface area contributed by atoms with Crippen molar-refractivity contribution in [2.75, 3.05) is 0 Å². The lowest BCUT2D eigenvalue weighted by Gasteiger charge is -1.98. The first kappa shape index (κ1) is 15.4. The van der Waals surface area contributed by atoms with Crippen LogP contribution in [0.4, 0.5) is 8.78 Å². The minimum Gasteiger partial charge on any atom is -0.453 e. The van der Waals surface area contributed by atoms with Gasteiger partial charge in [-0.05, 0) is 24.3 Å². The molecule has 0 saturated heterocycles. The molecule has 25 heavy (non-hydrogen) atoms. The molecule has 0 bridgehead atoms. The number of nitrogens with zero attached hydrogens (tertiary/aromatic N) is 5. The highest BCUT2D eigenvalue weighted by Crippen LogP contribution is 2.28. The molecule has 0 radical (unpaired) electrons. The molecule has 0 unspecified atom stereocenters. The number of furan rings is 1. The summed E-state index contributed by atoms with van der Waals surface area (Å²) in [6.45, 7) is 0. The maximum absolute atomic E-state index is 13.3. The van der Waals surface area contributed by atoms with Crippen molar-refractivity contribution >= 4 is 11.8 Å². The molecule has 3 heterocycles. The minimum atomic E-state index is -0.673. The summed E-state index contributed by atoms with van der Waals surface area (Å²) in [5, 5.41) is 20.8. The van der Waals surface area contributed by atoms with Crippen LogP contribution in [0.3, 0.4) is 0 Å². The van der Waals surface area contributed by atoms with Crippen molar-refractivity contribution in [2.45, 2.75) is 10.9 Å². The van der Waals surface area contributed by atoms with Gasteiger partial charge in [0.1, 0.15) is 17.4 Å². The number of nitrogens with one attached hydrogen (secondary N) is 2. The molecule has 2 N–H and O–H groups in total. The first-order chi connectivity index (χ1) is 12.2. The van der Waals surface area contributed by atoms with Crippen molar-refractivity contribution < 1.29 is 13.2 Å². The van der Waals surface area contributed by atoms with Gasteiger partial charge in [-0.15, -0.1) is 15.3 Å². The lowest BCUT2D eigenvalue weighted by Crippen LogP contribution is -1.85. The number of aromatic nitrogens is 7. The van der Waals surface area contributed by atoms with E-state index in [1.54, 1.807) is 12.1 Å². The van der Waals surface area contributed by atoms with E-state index in [4.69, 9.17) is 4.42 Å². The molecule has 0 amide bonds. The van der Waals surface area contributed by atoms with Crippen molar-refractivity contribution in [2.24, 2.45) is 0 Å². The van der Waals surface area contributed by atoms with Crippen molar-refractivity contribution in [1.82, 2.24) is 35.8 Å². The molecule has 3 aromatic heterocycles. The van der Waals surface area contributed by atoms with E-state index in [-0.39, 0.29) is 0 Å². The fourth-order valence-electron chi connectivity index (χ4n) is 2.11. The van der Waals surface area contributed by atoms with Gasteiger partial charge in [0.05, 0.1) is 5.75 Å². The van der Waals surface area contributed by atoms with Crippen LogP contribution >= 0.6 is 11.8 Å². The van der Waals surface area contributed by atoms with Gasteiger partial charge in [-0.2, -0.15) is 10.2 Å². The van der Waals surface area contributed by atoms with Crippen molar-refractivity contribution in [3.8, 4) is 22.9 Å². The standard InChI is InChI=1S/C14H9F2N7OS/c15-8-3-7(4-9(16)5-8)10-1-2-11(24-10)13-17-14(21-20-13)25-6-12-18-22-23-19-12/h1-5H,6H2,(H,17,20,21)(H,18,19,22,23). The highest BCUT2D eigenvalue weighted by molar-refractivity contribution is 7.98. The van der Waals surface area contributed by atoms with Crippen LogP contribution in [0.5, 0.6) is 0 Å². The fraction of sp³-hybridized carbons (Fsp3) is 0.0714. The molecule has 0 aliphatic carbocycles. The number of hydrogen-bond acceptors (Lipinski definition) is 7. The number of aromatic amines is 2. The second-order valence-corrected chi connectivity index (χ2v) is 5.85. The zero-order valence-corrected chi connectivity index (χ0v) is 13.2. The highest BCUT2D eigenvalue weighted by atomic mass is 32.2. The topological polar surface area (TPSA) is 109 Å². The van der Waals surface area contributed by atoms with Gasteiger partial charge < -0.3 is 4.42 Å². The Morgan fingerprint density at radius 1 is 1.04 bits per heavy atom. The largest absolute Gasteiger partial charge is 0.453 e. The Morgan fingerprint density at radius 2 is 1.84 bits per heavy atom. The number of hydrogen-bond donors (Lipinski definition) is 2. The predicted octanol–water partition coefficient (Wildman–Crippen LogP) is 2.82. The van der Waals surface area contributed by atoms with Gasteiger partial charge in [-0.1, -0.05) is 17.0 Å². The van der Waals surface area contributed by atoms with E-state index >= 15 is 0 Å². The molecule has 4 rings (SSSR count). The molecule has 0 aliphatic rings. The van der Waals surface area contributed by atoms with Crippen LogP contribution < -0.4 is 0 Å². The Hall–Kier alpha value is -3.08. The van der Waals surface area contributed by atoms with E-state index in [1.165, 1.54) is 23.9 Å². The van der Waals surface area contributed by atoms with Crippen LogP contribution in [0.1, 0.15) is 5.82 Å². The maximum atomic E-state index is 13.3.